The molecule has 2 nitrogen and oxygen atoms in total. The number of fused-ring (bicyclic) bond motifs is 1. The van der Waals surface area contributed by atoms with Gasteiger partial charge in [0.2, 0.25) is 0 Å². The van der Waals surface area contributed by atoms with Gasteiger partial charge in [0.25, 0.3) is 0 Å². The Kier molecular flexibility index (Phi) is 1.81. The Labute approximate surface area is 80.4 Å². The number of hydrogen-bond donors (Lipinski definition) is 1. The van der Waals surface area contributed by atoms with Crippen molar-refractivity contribution in [1.29, 1.82) is 0 Å². The van der Waals surface area contributed by atoms with Gasteiger partial charge >= 0.3 is 0 Å². The van der Waals surface area contributed by atoms with Crippen LogP contribution in [0.3, 0.4) is 0 Å². The molecule has 0 radical (unpaired) electrons. The molecule has 0 bridgehead atoms. The van der Waals surface area contributed by atoms with Crippen LogP contribution in [-0.2, 0) is 0 Å². The van der Waals surface area contributed by atoms with Crippen molar-refractivity contribution < 1.29 is 9.52 Å². The molecule has 0 spiro atoms. The molecule has 3 heteroatoms. The molecule has 0 aliphatic rings. The normalized spacial score (nSPS) is 10.5. The zero-order valence-corrected chi connectivity index (χ0v) is 7.89. The second-order valence-electron chi connectivity index (χ2n) is 2.93. The monoisotopic (exact) mass is 192 g/mol. The first kappa shape index (κ1) is 8.26. The van der Waals surface area contributed by atoms with Gasteiger partial charge < -0.3 is 9.52 Å². The van der Waals surface area contributed by atoms with Crippen molar-refractivity contribution in [3.8, 4) is 5.75 Å². The molecule has 0 aliphatic carbocycles. The summed E-state index contributed by atoms with van der Waals surface area (Å²) in [7, 11) is 0. The van der Waals surface area contributed by atoms with Crippen LogP contribution in [0.15, 0.2) is 28.7 Å². The van der Waals surface area contributed by atoms with Crippen LogP contribution < -0.4 is 0 Å². The first-order chi connectivity index (χ1) is 6.16. The quantitative estimate of drug-likeness (QED) is 0.651. The van der Waals surface area contributed by atoms with E-state index in [0.29, 0.717) is 10.3 Å². The highest BCUT2D eigenvalue weighted by Gasteiger charge is 2.00. The van der Waals surface area contributed by atoms with E-state index in [0.717, 1.165) is 10.9 Å². The van der Waals surface area contributed by atoms with E-state index < -0.39 is 0 Å². The topological polar surface area (TPSA) is 33.4 Å². The Morgan fingerprint density at radius 3 is 2.85 bits per heavy atom. The molecule has 2 rings (SSSR count). The molecule has 2 aromatic rings. The van der Waals surface area contributed by atoms with Gasteiger partial charge in [-0.2, -0.15) is 0 Å². The summed E-state index contributed by atoms with van der Waals surface area (Å²) in [6.07, 6.45) is 0. The van der Waals surface area contributed by atoms with Crippen LogP contribution in [0.25, 0.3) is 11.0 Å². The van der Waals surface area contributed by atoms with Crippen LogP contribution in [0.1, 0.15) is 5.56 Å². The van der Waals surface area contributed by atoms with Gasteiger partial charge in [0, 0.05) is 11.5 Å². The lowest BCUT2D eigenvalue weighted by Crippen LogP contribution is -1.78. The molecule has 1 aromatic carbocycles. The van der Waals surface area contributed by atoms with Crippen LogP contribution in [0.2, 0.25) is 0 Å². The van der Waals surface area contributed by atoms with E-state index in [1.807, 2.05) is 13.0 Å². The lowest BCUT2D eigenvalue weighted by atomic mass is 10.1. The van der Waals surface area contributed by atoms with Gasteiger partial charge in [-0.1, -0.05) is 0 Å². The predicted molar refractivity (Wildman–Crippen MR) is 53.4 cm³/mol. The van der Waals surface area contributed by atoms with Crippen LogP contribution in [0, 0.1) is 11.6 Å². The SMILES string of the molecule is Cc1cc(=S)oc2cc(O)ccc12. The fourth-order valence-electron chi connectivity index (χ4n) is 1.31. The summed E-state index contributed by atoms with van der Waals surface area (Å²) in [5.41, 5.74) is 1.69. The van der Waals surface area contributed by atoms with Crippen molar-refractivity contribution in [3.05, 3.63) is 34.5 Å². The van der Waals surface area contributed by atoms with E-state index in [2.05, 4.69) is 0 Å². The average molecular weight is 192 g/mol. The maximum atomic E-state index is 9.22. The predicted octanol–water partition coefficient (Wildman–Crippen LogP) is 3.18. The van der Waals surface area contributed by atoms with Crippen molar-refractivity contribution in [3.63, 3.8) is 0 Å². The molecular formula is C10H8O2S. The van der Waals surface area contributed by atoms with E-state index in [1.165, 1.54) is 0 Å². The number of aryl methyl sites for hydroxylation is 1. The minimum Gasteiger partial charge on any atom is -0.508 e. The number of rotatable bonds is 0. The maximum absolute atomic E-state index is 9.22. The van der Waals surface area contributed by atoms with Gasteiger partial charge in [0.15, 0.2) is 4.71 Å². The fourth-order valence-corrected chi connectivity index (χ4v) is 1.58. The second kappa shape index (κ2) is 2.85. The molecule has 0 saturated heterocycles. The van der Waals surface area contributed by atoms with Crippen molar-refractivity contribution in [2.45, 2.75) is 6.92 Å². The smallest absolute Gasteiger partial charge is 0.191 e. The highest BCUT2D eigenvalue weighted by molar-refractivity contribution is 7.71. The number of benzene rings is 1. The highest BCUT2D eigenvalue weighted by atomic mass is 32.1. The number of phenols is 1. The average Bonchev–Trinajstić information content (AvgIpc) is 2.02. The van der Waals surface area contributed by atoms with Crippen molar-refractivity contribution in [2.24, 2.45) is 0 Å². The third kappa shape index (κ3) is 1.42. The molecule has 0 amide bonds. The van der Waals surface area contributed by atoms with E-state index in [9.17, 15) is 5.11 Å². The van der Waals surface area contributed by atoms with Gasteiger partial charge in [-0.15, -0.1) is 0 Å². The van der Waals surface area contributed by atoms with Gasteiger partial charge in [-0.05, 0) is 42.9 Å². The van der Waals surface area contributed by atoms with Gasteiger partial charge in [0.1, 0.15) is 11.3 Å². The Hall–Kier alpha value is -1.35. The Balaban J connectivity index is 2.94. The molecule has 0 fully saturated rings. The lowest BCUT2D eigenvalue weighted by Gasteiger charge is -2.00. The van der Waals surface area contributed by atoms with Gasteiger partial charge in [-0.3, -0.25) is 0 Å². The molecule has 0 atom stereocenters. The summed E-state index contributed by atoms with van der Waals surface area (Å²) in [6, 6.07) is 6.82. The van der Waals surface area contributed by atoms with Gasteiger partial charge in [0.05, 0.1) is 0 Å². The lowest BCUT2D eigenvalue weighted by molar-refractivity contribution is 0.473. The third-order valence-corrected chi connectivity index (χ3v) is 2.14. The molecule has 1 heterocycles. The fraction of sp³-hybridized carbons (Fsp3) is 0.100. The largest absolute Gasteiger partial charge is 0.508 e. The zero-order chi connectivity index (χ0) is 9.42. The second-order valence-corrected chi connectivity index (χ2v) is 3.33. The highest BCUT2D eigenvalue weighted by Crippen LogP contribution is 2.22. The van der Waals surface area contributed by atoms with Crippen molar-refractivity contribution in [1.82, 2.24) is 0 Å². The summed E-state index contributed by atoms with van der Waals surface area (Å²) in [5.74, 6) is 0.191. The van der Waals surface area contributed by atoms with E-state index in [-0.39, 0.29) is 5.75 Å². The summed E-state index contributed by atoms with van der Waals surface area (Å²) >= 11 is 4.92. The van der Waals surface area contributed by atoms with E-state index in [1.54, 1.807) is 18.2 Å². The first-order valence-electron chi connectivity index (χ1n) is 3.90. The van der Waals surface area contributed by atoms with Crippen LogP contribution in [0.4, 0.5) is 0 Å². The van der Waals surface area contributed by atoms with Crippen LogP contribution in [-0.4, -0.2) is 5.11 Å². The summed E-state index contributed by atoms with van der Waals surface area (Å²) < 4.78 is 5.72. The van der Waals surface area contributed by atoms with Crippen LogP contribution >= 0.6 is 12.2 Å². The maximum Gasteiger partial charge on any atom is 0.191 e. The van der Waals surface area contributed by atoms with Gasteiger partial charge in [-0.25, -0.2) is 0 Å². The Morgan fingerprint density at radius 2 is 2.08 bits per heavy atom. The Bertz CT molecular complexity index is 514. The minimum absolute atomic E-state index is 0.191. The molecule has 13 heavy (non-hydrogen) atoms. The van der Waals surface area contributed by atoms with Crippen molar-refractivity contribution in [2.75, 3.05) is 0 Å². The summed E-state index contributed by atoms with van der Waals surface area (Å²) in [4.78, 5) is 0. The molecule has 66 valence electrons. The number of phenolic OH excluding ortho intramolecular Hbond substituents is 1. The summed E-state index contributed by atoms with van der Waals surface area (Å²) in [6.45, 7) is 1.96. The van der Waals surface area contributed by atoms with Crippen molar-refractivity contribution >= 4 is 23.2 Å². The molecule has 1 N–H and O–H groups in total. The molecule has 0 aliphatic heterocycles. The molecular weight excluding hydrogens is 184 g/mol. The Morgan fingerprint density at radius 1 is 1.31 bits per heavy atom. The summed E-state index contributed by atoms with van der Waals surface area (Å²) in [5, 5.41) is 10.2. The minimum atomic E-state index is 0.191. The van der Waals surface area contributed by atoms with E-state index in [4.69, 9.17) is 16.6 Å². The zero-order valence-electron chi connectivity index (χ0n) is 7.07. The third-order valence-electron chi connectivity index (χ3n) is 1.93. The number of aromatic hydroxyl groups is 1. The molecule has 0 unspecified atom stereocenters. The van der Waals surface area contributed by atoms with Crippen LogP contribution in [0.5, 0.6) is 5.75 Å². The molecule has 1 aromatic heterocycles. The number of hydrogen-bond acceptors (Lipinski definition) is 3. The molecule has 0 saturated carbocycles. The standard InChI is InChI=1S/C10H8O2S/c1-6-4-10(13)12-9-5-7(11)2-3-8(6)9/h2-5,11H,1H3. The van der Waals surface area contributed by atoms with E-state index >= 15 is 0 Å². The first-order valence-corrected chi connectivity index (χ1v) is 4.31.